The third-order valence-electron chi connectivity index (χ3n) is 4.01. The molecule has 0 unspecified atom stereocenters. The second kappa shape index (κ2) is 8.12. The van der Waals surface area contributed by atoms with Gasteiger partial charge in [0.15, 0.2) is 6.61 Å². The number of hydrogen-bond acceptors (Lipinski definition) is 3. The summed E-state index contributed by atoms with van der Waals surface area (Å²) in [4.78, 5) is 11.9. The fourth-order valence-corrected chi connectivity index (χ4v) is 3.73. The van der Waals surface area contributed by atoms with Crippen LogP contribution in [-0.2, 0) is 4.79 Å². The lowest BCUT2D eigenvalue weighted by atomic mass is 9.99. The highest BCUT2D eigenvalue weighted by Crippen LogP contribution is 2.34. The standard InChI is InChI=1S/C18H18Br2N2O2/c19-13-7-8-15-12(10-13)6-9-16(18(15)20)24-11-17(23)22-21-14-4-2-1-3-5-14/h6-10H,1-5,11H2,(H,22,23). The number of hydrazone groups is 1. The van der Waals surface area contributed by atoms with Crippen molar-refractivity contribution in [2.24, 2.45) is 5.10 Å². The monoisotopic (exact) mass is 452 g/mol. The molecule has 0 heterocycles. The average molecular weight is 454 g/mol. The van der Waals surface area contributed by atoms with E-state index < -0.39 is 0 Å². The Morgan fingerprint density at radius 3 is 2.71 bits per heavy atom. The topological polar surface area (TPSA) is 50.7 Å². The highest BCUT2D eigenvalue weighted by molar-refractivity contribution is 9.11. The van der Waals surface area contributed by atoms with E-state index in [9.17, 15) is 4.79 Å². The minimum atomic E-state index is -0.240. The van der Waals surface area contributed by atoms with Crippen LogP contribution in [-0.4, -0.2) is 18.2 Å². The molecule has 6 heteroatoms. The van der Waals surface area contributed by atoms with Crippen LogP contribution in [0.4, 0.5) is 0 Å². The summed E-state index contributed by atoms with van der Waals surface area (Å²) in [5.41, 5.74) is 3.67. The van der Waals surface area contributed by atoms with E-state index in [2.05, 4.69) is 42.4 Å². The molecule has 0 saturated heterocycles. The summed E-state index contributed by atoms with van der Waals surface area (Å²) >= 11 is 7.02. The van der Waals surface area contributed by atoms with Crippen LogP contribution in [0.1, 0.15) is 32.1 Å². The number of benzene rings is 2. The SMILES string of the molecule is O=C(COc1ccc2cc(Br)ccc2c1Br)NN=C1CCCCC1. The number of nitrogens with one attached hydrogen (secondary N) is 1. The zero-order valence-corrected chi connectivity index (χ0v) is 16.3. The number of ether oxygens (including phenoxy) is 1. The van der Waals surface area contributed by atoms with Crippen molar-refractivity contribution in [1.29, 1.82) is 0 Å². The second-order valence-corrected chi connectivity index (χ2v) is 7.51. The molecule has 2 aromatic rings. The maximum Gasteiger partial charge on any atom is 0.277 e. The second-order valence-electron chi connectivity index (χ2n) is 5.81. The number of nitrogens with zero attached hydrogens (tertiary/aromatic N) is 1. The number of carbonyl (C=O) groups excluding carboxylic acids is 1. The molecule has 0 radical (unpaired) electrons. The summed E-state index contributed by atoms with van der Waals surface area (Å²) in [5.74, 6) is 0.404. The first-order valence-electron chi connectivity index (χ1n) is 7.98. The molecule has 0 aliphatic heterocycles. The van der Waals surface area contributed by atoms with Gasteiger partial charge in [-0.15, -0.1) is 0 Å². The predicted octanol–water partition coefficient (Wildman–Crippen LogP) is 5.18. The summed E-state index contributed by atoms with van der Waals surface area (Å²) in [5, 5.41) is 6.33. The summed E-state index contributed by atoms with van der Waals surface area (Å²) < 4.78 is 7.51. The highest BCUT2D eigenvalue weighted by atomic mass is 79.9. The predicted molar refractivity (Wildman–Crippen MR) is 104 cm³/mol. The van der Waals surface area contributed by atoms with Gasteiger partial charge < -0.3 is 4.74 Å². The van der Waals surface area contributed by atoms with Crippen molar-refractivity contribution in [2.45, 2.75) is 32.1 Å². The molecular formula is C18H18Br2N2O2. The summed E-state index contributed by atoms with van der Waals surface area (Å²) in [7, 11) is 0. The van der Waals surface area contributed by atoms with Crippen LogP contribution in [0.25, 0.3) is 10.8 Å². The molecule has 1 aliphatic rings. The molecule has 2 aromatic carbocycles. The number of rotatable bonds is 4. The first-order chi connectivity index (χ1) is 11.6. The Kier molecular flexibility index (Phi) is 5.89. The van der Waals surface area contributed by atoms with Gasteiger partial charge in [0.1, 0.15) is 5.75 Å². The van der Waals surface area contributed by atoms with E-state index in [0.29, 0.717) is 5.75 Å². The van der Waals surface area contributed by atoms with Crippen molar-refractivity contribution in [3.8, 4) is 5.75 Å². The smallest absolute Gasteiger partial charge is 0.277 e. The van der Waals surface area contributed by atoms with Crippen LogP contribution in [0, 0.1) is 0 Å². The largest absolute Gasteiger partial charge is 0.483 e. The lowest BCUT2D eigenvalue weighted by Crippen LogP contribution is -2.26. The fourth-order valence-electron chi connectivity index (χ4n) is 2.74. The maximum atomic E-state index is 11.9. The minimum Gasteiger partial charge on any atom is -0.483 e. The number of amides is 1. The third kappa shape index (κ3) is 4.36. The summed E-state index contributed by atoms with van der Waals surface area (Å²) in [6, 6.07) is 9.85. The van der Waals surface area contributed by atoms with Crippen LogP contribution < -0.4 is 10.2 Å². The van der Waals surface area contributed by atoms with Crippen molar-refractivity contribution in [3.05, 3.63) is 39.3 Å². The quantitative estimate of drug-likeness (QED) is 0.648. The van der Waals surface area contributed by atoms with Crippen molar-refractivity contribution in [3.63, 3.8) is 0 Å². The van der Waals surface area contributed by atoms with Gasteiger partial charge in [-0.25, -0.2) is 5.43 Å². The first-order valence-corrected chi connectivity index (χ1v) is 9.57. The van der Waals surface area contributed by atoms with E-state index in [4.69, 9.17) is 4.74 Å². The van der Waals surface area contributed by atoms with Crippen molar-refractivity contribution in [2.75, 3.05) is 6.61 Å². The van der Waals surface area contributed by atoms with Crippen LogP contribution in [0.5, 0.6) is 5.75 Å². The van der Waals surface area contributed by atoms with Gasteiger partial charge in [-0.3, -0.25) is 4.79 Å². The van der Waals surface area contributed by atoms with Gasteiger partial charge in [0.2, 0.25) is 0 Å². The molecule has 24 heavy (non-hydrogen) atoms. The van der Waals surface area contributed by atoms with Crippen LogP contribution in [0.15, 0.2) is 44.4 Å². The number of halogens is 2. The number of hydrogen-bond donors (Lipinski definition) is 1. The van der Waals surface area contributed by atoms with Gasteiger partial charge in [-0.1, -0.05) is 34.5 Å². The Hall–Kier alpha value is -1.40. The van der Waals surface area contributed by atoms with Gasteiger partial charge in [0.25, 0.3) is 5.91 Å². The Labute approximate surface area is 157 Å². The normalized spacial score (nSPS) is 14.5. The molecule has 1 amide bonds. The van der Waals surface area contributed by atoms with E-state index in [1.165, 1.54) is 6.42 Å². The molecule has 1 saturated carbocycles. The van der Waals surface area contributed by atoms with Crippen molar-refractivity contribution < 1.29 is 9.53 Å². The van der Waals surface area contributed by atoms with Gasteiger partial charge in [-0.2, -0.15) is 5.10 Å². The van der Waals surface area contributed by atoms with E-state index in [0.717, 1.165) is 51.1 Å². The maximum absolute atomic E-state index is 11.9. The number of fused-ring (bicyclic) bond motifs is 1. The van der Waals surface area contributed by atoms with Crippen LogP contribution in [0.2, 0.25) is 0 Å². The molecule has 1 fully saturated rings. The molecule has 3 rings (SSSR count). The Balaban J connectivity index is 1.61. The van der Waals surface area contributed by atoms with E-state index in [1.807, 2.05) is 30.3 Å². The van der Waals surface area contributed by atoms with Gasteiger partial charge in [0, 0.05) is 10.2 Å². The van der Waals surface area contributed by atoms with E-state index in [-0.39, 0.29) is 12.5 Å². The molecule has 1 N–H and O–H groups in total. The highest BCUT2D eigenvalue weighted by Gasteiger charge is 2.10. The first kappa shape index (κ1) is 17.4. The number of carbonyl (C=O) groups is 1. The summed E-state index contributed by atoms with van der Waals surface area (Å²) in [6.45, 7) is -0.0581. The van der Waals surface area contributed by atoms with Crippen molar-refractivity contribution >= 4 is 54.3 Å². The lowest BCUT2D eigenvalue weighted by Gasteiger charge is -2.12. The van der Waals surface area contributed by atoms with Gasteiger partial charge >= 0.3 is 0 Å². The van der Waals surface area contributed by atoms with Crippen LogP contribution in [0.3, 0.4) is 0 Å². The minimum absolute atomic E-state index is 0.0581. The molecule has 4 nitrogen and oxygen atoms in total. The van der Waals surface area contributed by atoms with Crippen molar-refractivity contribution in [1.82, 2.24) is 5.43 Å². The Morgan fingerprint density at radius 1 is 1.12 bits per heavy atom. The third-order valence-corrected chi connectivity index (χ3v) is 5.32. The molecule has 126 valence electrons. The lowest BCUT2D eigenvalue weighted by molar-refractivity contribution is -0.123. The molecule has 0 atom stereocenters. The van der Waals surface area contributed by atoms with Gasteiger partial charge in [-0.05, 0) is 70.6 Å². The Bertz CT molecular complexity index is 782. The van der Waals surface area contributed by atoms with Gasteiger partial charge in [0.05, 0.1) is 4.47 Å². The molecule has 0 bridgehead atoms. The van der Waals surface area contributed by atoms with Crippen LogP contribution >= 0.6 is 31.9 Å². The molecule has 1 aliphatic carbocycles. The Morgan fingerprint density at radius 2 is 1.92 bits per heavy atom. The van der Waals surface area contributed by atoms with E-state index in [1.54, 1.807) is 0 Å². The van der Waals surface area contributed by atoms with E-state index >= 15 is 0 Å². The fraction of sp³-hybridized carbons (Fsp3) is 0.333. The molecule has 0 spiro atoms. The zero-order chi connectivity index (χ0) is 16.9. The zero-order valence-electron chi connectivity index (χ0n) is 13.1. The average Bonchev–Trinajstić information content (AvgIpc) is 2.60. The summed E-state index contributed by atoms with van der Waals surface area (Å²) in [6.07, 6.45) is 5.53. The molecular weight excluding hydrogens is 436 g/mol. The molecule has 0 aromatic heterocycles.